The Hall–Kier alpha value is 0.01000. The molecule has 0 saturated heterocycles. The average molecular weight is 339 g/mol. The molecule has 2 rings (SSSR count). The molecule has 0 N–H and O–H groups in total. The molecule has 2 aliphatic carbocycles. The Kier molecular flexibility index (Phi) is 7.11. The van der Waals surface area contributed by atoms with Crippen LogP contribution >= 0.6 is 35.7 Å². The van der Waals surface area contributed by atoms with E-state index in [1.165, 1.54) is 48.5 Å². The maximum atomic E-state index is 5.76. The predicted molar refractivity (Wildman–Crippen MR) is 104 cm³/mol. The summed E-state index contributed by atoms with van der Waals surface area (Å²) in [5.74, 6) is 4.21. The van der Waals surface area contributed by atoms with Gasteiger partial charge in [0.25, 0.3) is 0 Å². The van der Waals surface area contributed by atoms with E-state index < -0.39 is 0 Å². The van der Waals surface area contributed by atoms with Gasteiger partial charge in [-0.15, -0.1) is 24.9 Å². The topological polar surface area (TPSA) is 0 Å². The lowest BCUT2D eigenvalue weighted by Gasteiger charge is -2.40. The molecule has 2 unspecified atom stereocenters. The molecule has 0 radical (unpaired) electrons. The van der Waals surface area contributed by atoms with Crippen LogP contribution in [-0.2, 0) is 0 Å². The third kappa shape index (κ3) is 4.05. The van der Waals surface area contributed by atoms with Crippen molar-refractivity contribution in [2.45, 2.75) is 38.5 Å². The smallest absolute Gasteiger partial charge is 0.0231 e. The zero-order chi connectivity index (χ0) is 15.1. The molecule has 3 heteroatoms. The molecular weight excluding hydrogens is 312 g/mol. The van der Waals surface area contributed by atoms with Gasteiger partial charge in [0, 0.05) is 22.0 Å². The van der Waals surface area contributed by atoms with Gasteiger partial charge in [0.2, 0.25) is 0 Å². The predicted octanol–water partition coefficient (Wildman–Crippen LogP) is 6.05. The summed E-state index contributed by atoms with van der Waals surface area (Å²) in [5.41, 5.74) is 0.245. The zero-order valence-electron chi connectivity index (χ0n) is 12.8. The van der Waals surface area contributed by atoms with Crippen LogP contribution in [0.5, 0.6) is 0 Å². The fourth-order valence-electron chi connectivity index (χ4n) is 3.58. The van der Waals surface area contributed by atoms with Crippen molar-refractivity contribution in [1.82, 2.24) is 0 Å². The van der Waals surface area contributed by atoms with Gasteiger partial charge in [-0.2, -0.15) is 11.8 Å². The van der Waals surface area contributed by atoms with Crippen LogP contribution in [0.25, 0.3) is 0 Å². The molecule has 0 heterocycles. The first-order valence-electron chi connectivity index (χ1n) is 7.93. The van der Waals surface area contributed by atoms with E-state index in [1.54, 1.807) is 4.91 Å². The van der Waals surface area contributed by atoms with Crippen molar-refractivity contribution in [3.63, 3.8) is 0 Å². The molecule has 2 atom stereocenters. The molecule has 0 amide bonds. The molecule has 0 aromatic carbocycles. The lowest BCUT2D eigenvalue weighted by atomic mass is 9.65. The van der Waals surface area contributed by atoms with Gasteiger partial charge in [-0.05, 0) is 48.2 Å². The number of fused-ring (bicyclic) bond motifs is 1. The maximum absolute atomic E-state index is 5.76. The molecule has 0 aliphatic heterocycles. The summed E-state index contributed by atoms with van der Waals surface area (Å²) >= 11 is 9.79. The molecule has 116 valence electrons. The van der Waals surface area contributed by atoms with E-state index in [0.717, 1.165) is 12.2 Å². The number of hydrogen-bond donors (Lipinski definition) is 0. The first-order chi connectivity index (χ1) is 10.2. The van der Waals surface area contributed by atoms with E-state index in [1.807, 2.05) is 17.8 Å². The van der Waals surface area contributed by atoms with Gasteiger partial charge >= 0.3 is 0 Å². The Morgan fingerprint density at radius 1 is 1.29 bits per heavy atom. The number of thiocarbonyl (C=S) groups is 1. The normalized spacial score (nSPS) is 28.1. The molecular formula is C18H26S3. The first-order valence-corrected chi connectivity index (χ1v) is 10.5. The monoisotopic (exact) mass is 338 g/mol. The van der Waals surface area contributed by atoms with Crippen molar-refractivity contribution < 1.29 is 0 Å². The summed E-state index contributed by atoms with van der Waals surface area (Å²) in [4.78, 5) is 2.77. The molecule has 0 aromatic heterocycles. The highest BCUT2D eigenvalue weighted by molar-refractivity contribution is 8.03. The van der Waals surface area contributed by atoms with Gasteiger partial charge in [-0.1, -0.05) is 37.2 Å². The second-order valence-electron chi connectivity index (χ2n) is 5.92. The fraction of sp³-hybridized carbons (Fsp3) is 0.611. The second-order valence-corrected chi connectivity index (χ2v) is 8.68. The van der Waals surface area contributed by atoms with E-state index >= 15 is 0 Å². The second kappa shape index (κ2) is 8.59. The van der Waals surface area contributed by atoms with E-state index in [4.69, 9.17) is 12.2 Å². The number of allylic oxidation sites excluding steroid dienone is 3. The Bertz CT molecular complexity index is 424. The Balaban J connectivity index is 1.88. The Morgan fingerprint density at radius 3 is 2.90 bits per heavy atom. The molecule has 21 heavy (non-hydrogen) atoms. The van der Waals surface area contributed by atoms with Crippen LogP contribution < -0.4 is 0 Å². The molecule has 0 spiro atoms. The standard InChI is InChI=1S/C18H26S3/c1-3-9-18-10-6-5-8-15(18)16(14-17(18)19)21-13-7-12-20-11-4-2/h3-4,14-15H,1-2,5-13H2. The van der Waals surface area contributed by atoms with Gasteiger partial charge in [-0.3, -0.25) is 0 Å². The van der Waals surface area contributed by atoms with Crippen LogP contribution in [0, 0.1) is 11.3 Å². The summed E-state index contributed by atoms with van der Waals surface area (Å²) in [6.45, 7) is 7.74. The highest BCUT2D eigenvalue weighted by Crippen LogP contribution is 2.55. The summed E-state index contributed by atoms with van der Waals surface area (Å²) in [6.07, 6.45) is 14.0. The quantitative estimate of drug-likeness (QED) is 0.285. The molecule has 0 bridgehead atoms. The van der Waals surface area contributed by atoms with Crippen LogP contribution in [0.3, 0.4) is 0 Å². The minimum atomic E-state index is 0.245. The summed E-state index contributed by atoms with van der Waals surface area (Å²) in [5, 5.41) is 0. The van der Waals surface area contributed by atoms with Crippen molar-refractivity contribution in [1.29, 1.82) is 0 Å². The fourth-order valence-corrected chi connectivity index (χ4v) is 6.25. The van der Waals surface area contributed by atoms with Gasteiger partial charge in [0.15, 0.2) is 0 Å². The van der Waals surface area contributed by atoms with Crippen LogP contribution in [0.2, 0.25) is 0 Å². The lowest BCUT2D eigenvalue weighted by Crippen LogP contribution is -2.35. The number of thioether (sulfide) groups is 2. The molecule has 0 aromatic rings. The van der Waals surface area contributed by atoms with E-state index in [0.29, 0.717) is 5.92 Å². The van der Waals surface area contributed by atoms with Crippen molar-refractivity contribution in [3.05, 3.63) is 36.3 Å². The Labute approximate surface area is 143 Å². The summed E-state index contributed by atoms with van der Waals surface area (Å²) in [6, 6.07) is 0. The van der Waals surface area contributed by atoms with Crippen molar-refractivity contribution in [3.8, 4) is 0 Å². The van der Waals surface area contributed by atoms with Crippen LogP contribution in [-0.4, -0.2) is 22.1 Å². The highest BCUT2D eigenvalue weighted by Gasteiger charge is 2.47. The molecule has 0 nitrogen and oxygen atoms in total. The number of hydrogen-bond acceptors (Lipinski definition) is 3. The van der Waals surface area contributed by atoms with E-state index in [2.05, 4.69) is 37.1 Å². The van der Waals surface area contributed by atoms with Crippen LogP contribution in [0.15, 0.2) is 36.3 Å². The third-order valence-electron chi connectivity index (χ3n) is 4.59. The minimum Gasteiger partial charge on any atom is -0.158 e. The molecule has 1 saturated carbocycles. The van der Waals surface area contributed by atoms with E-state index in [9.17, 15) is 0 Å². The molecule has 2 aliphatic rings. The lowest BCUT2D eigenvalue weighted by molar-refractivity contribution is 0.226. The average Bonchev–Trinajstić information content (AvgIpc) is 2.76. The summed E-state index contributed by atoms with van der Waals surface area (Å²) in [7, 11) is 0. The van der Waals surface area contributed by atoms with Crippen LogP contribution in [0.4, 0.5) is 0 Å². The zero-order valence-corrected chi connectivity index (χ0v) is 15.3. The first kappa shape index (κ1) is 17.4. The maximum Gasteiger partial charge on any atom is 0.0231 e. The van der Waals surface area contributed by atoms with Gasteiger partial charge < -0.3 is 0 Å². The van der Waals surface area contributed by atoms with Gasteiger partial charge in [-0.25, -0.2) is 0 Å². The molecule has 1 fully saturated rings. The van der Waals surface area contributed by atoms with Crippen molar-refractivity contribution >= 4 is 40.6 Å². The summed E-state index contributed by atoms with van der Waals surface area (Å²) < 4.78 is 0. The minimum absolute atomic E-state index is 0.245. The van der Waals surface area contributed by atoms with Crippen LogP contribution in [0.1, 0.15) is 38.5 Å². The highest BCUT2D eigenvalue weighted by atomic mass is 32.2. The largest absolute Gasteiger partial charge is 0.158 e. The van der Waals surface area contributed by atoms with Crippen molar-refractivity contribution in [2.75, 3.05) is 17.3 Å². The third-order valence-corrected chi connectivity index (χ3v) is 7.39. The Morgan fingerprint density at radius 2 is 2.14 bits per heavy atom. The van der Waals surface area contributed by atoms with E-state index in [-0.39, 0.29) is 5.41 Å². The van der Waals surface area contributed by atoms with Gasteiger partial charge in [0.1, 0.15) is 0 Å². The van der Waals surface area contributed by atoms with Gasteiger partial charge in [0.05, 0.1) is 0 Å². The number of rotatable bonds is 9. The SMILES string of the molecule is C=CCSCCCSC1=CC(=S)C2(CC=C)CCCCC12. The van der Waals surface area contributed by atoms with Crippen molar-refractivity contribution in [2.24, 2.45) is 11.3 Å².